The number of rotatable bonds is 5. The number of pyridine rings is 1. The minimum Gasteiger partial charge on any atom is -0.387 e. The minimum atomic E-state index is -4.77. The molecule has 0 saturated carbocycles. The molecule has 1 unspecified atom stereocenters. The lowest BCUT2D eigenvalue weighted by atomic mass is 9.97. The fourth-order valence-electron chi connectivity index (χ4n) is 4.53. The van der Waals surface area contributed by atoms with Gasteiger partial charge in [-0.3, -0.25) is 9.59 Å². The van der Waals surface area contributed by atoms with E-state index in [1.165, 1.54) is 17.5 Å². The number of hydrogen-bond donors (Lipinski definition) is 0. The maximum absolute atomic E-state index is 13.0. The molecule has 0 radical (unpaired) electrons. The molecule has 5 rings (SSSR count). The molecule has 13 heteroatoms. The van der Waals surface area contributed by atoms with Crippen molar-refractivity contribution in [3.05, 3.63) is 84.1 Å². The van der Waals surface area contributed by atoms with Gasteiger partial charge in [0.1, 0.15) is 17.8 Å². The van der Waals surface area contributed by atoms with Gasteiger partial charge in [-0.1, -0.05) is 34.4 Å². The molecule has 1 fully saturated rings. The van der Waals surface area contributed by atoms with Crippen LogP contribution < -0.4 is 5.56 Å². The SMILES string of the molecule is O=C(Cn1cccc(C(F)(F)F)c1=O)N1CCC(c2nc(C3=NOC(c4ccc(Cl)c(Cl)c4)C3)cs2)CC1. The molecule has 7 nitrogen and oxygen atoms in total. The normalized spacial score (nSPS) is 18.4. The number of thiazole rings is 1. The van der Waals surface area contributed by atoms with Gasteiger partial charge in [0.25, 0.3) is 5.56 Å². The number of alkyl halides is 3. The Morgan fingerprint density at radius 1 is 1.16 bits per heavy atom. The Kier molecular flexibility index (Phi) is 7.52. The number of benzene rings is 1. The van der Waals surface area contributed by atoms with Crippen LogP contribution in [0.4, 0.5) is 13.2 Å². The summed E-state index contributed by atoms with van der Waals surface area (Å²) in [7, 11) is 0. The average molecular weight is 585 g/mol. The van der Waals surface area contributed by atoms with Crippen molar-refractivity contribution in [2.75, 3.05) is 13.1 Å². The predicted octanol–water partition coefficient (Wildman–Crippen LogP) is 5.90. The summed E-state index contributed by atoms with van der Waals surface area (Å²) in [6.45, 7) is 0.416. The van der Waals surface area contributed by atoms with E-state index in [9.17, 15) is 22.8 Å². The van der Waals surface area contributed by atoms with Crippen molar-refractivity contribution < 1.29 is 22.8 Å². The predicted molar refractivity (Wildman–Crippen MR) is 138 cm³/mol. The molecular formula is C25H21Cl2F3N4O3S. The Morgan fingerprint density at radius 3 is 2.63 bits per heavy atom. The quantitative estimate of drug-likeness (QED) is 0.374. The molecule has 1 saturated heterocycles. The Bertz CT molecular complexity index is 1450. The largest absolute Gasteiger partial charge is 0.421 e. The zero-order valence-corrected chi connectivity index (χ0v) is 22.1. The standard InChI is InChI=1S/C25H21Cl2F3N4O3S/c26-17-4-3-15(10-18(17)27)21-11-19(32-37-21)20-13-38-23(31-20)14-5-8-33(9-6-14)22(35)12-34-7-1-2-16(24(34)36)25(28,29)30/h1-4,7,10,13-14,21H,5-6,8-9,11-12H2. The first-order valence-corrected chi connectivity index (χ1v) is 13.4. The third-order valence-corrected chi connectivity index (χ3v) is 8.38. The number of carbonyl (C=O) groups excluding carboxylic acids is 1. The third kappa shape index (κ3) is 5.60. The average Bonchev–Trinajstić information content (AvgIpc) is 3.57. The first kappa shape index (κ1) is 26.7. The number of likely N-dealkylation sites (tertiary alicyclic amines) is 1. The number of oxime groups is 1. The molecule has 2 aliphatic rings. The van der Waals surface area contributed by atoms with Crippen molar-refractivity contribution in [1.82, 2.24) is 14.5 Å². The highest BCUT2D eigenvalue weighted by Gasteiger charge is 2.35. The lowest BCUT2D eigenvalue weighted by Gasteiger charge is -2.31. The summed E-state index contributed by atoms with van der Waals surface area (Å²) in [6.07, 6.45) is -1.99. The molecule has 38 heavy (non-hydrogen) atoms. The zero-order valence-electron chi connectivity index (χ0n) is 19.8. The molecule has 3 aromatic rings. The van der Waals surface area contributed by atoms with Gasteiger partial charge in [0.2, 0.25) is 5.91 Å². The van der Waals surface area contributed by atoms with Crippen molar-refractivity contribution >= 4 is 46.2 Å². The smallest absolute Gasteiger partial charge is 0.387 e. The van der Waals surface area contributed by atoms with Crippen LogP contribution in [0.3, 0.4) is 0 Å². The van der Waals surface area contributed by atoms with Crippen LogP contribution in [0.5, 0.6) is 0 Å². The Morgan fingerprint density at radius 2 is 1.92 bits per heavy atom. The van der Waals surface area contributed by atoms with E-state index >= 15 is 0 Å². The number of halogens is 5. The van der Waals surface area contributed by atoms with Crippen LogP contribution in [-0.4, -0.2) is 39.2 Å². The number of nitrogens with zero attached hydrogens (tertiary/aromatic N) is 4. The molecule has 200 valence electrons. The van der Waals surface area contributed by atoms with E-state index in [4.69, 9.17) is 33.0 Å². The van der Waals surface area contributed by atoms with Crippen LogP contribution in [0.2, 0.25) is 10.0 Å². The minimum absolute atomic E-state index is 0.142. The second-order valence-corrected chi connectivity index (χ2v) is 10.8. The Balaban J connectivity index is 1.17. The van der Waals surface area contributed by atoms with Crippen LogP contribution in [0.25, 0.3) is 0 Å². The van der Waals surface area contributed by atoms with Crippen molar-refractivity contribution in [1.29, 1.82) is 0 Å². The lowest BCUT2D eigenvalue weighted by molar-refractivity contribution is -0.139. The van der Waals surface area contributed by atoms with E-state index < -0.39 is 29.8 Å². The van der Waals surface area contributed by atoms with Gasteiger partial charge in [0.15, 0.2) is 6.10 Å². The van der Waals surface area contributed by atoms with Crippen molar-refractivity contribution in [3.63, 3.8) is 0 Å². The molecular weight excluding hydrogens is 564 g/mol. The summed E-state index contributed by atoms with van der Waals surface area (Å²) in [4.78, 5) is 36.8. The number of carbonyl (C=O) groups is 1. The van der Waals surface area contributed by atoms with Crippen LogP contribution in [-0.2, 0) is 22.4 Å². The van der Waals surface area contributed by atoms with E-state index in [1.54, 1.807) is 17.0 Å². The summed E-state index contributed by atoms with van der Waals surface area (Å²) in [5, 5.41) is 8.00. The van der Waals surface area contributed by atoms with E-state index in [1.807, 2.05) is 11.4 Å². The number of aromatic nitrogens is 2. The molecule has 2 aromatic heterocycles. The second-order valence-electron chi connectivity index (χ2n) is 9.09. The van der Waals surface area contributed by atoms with Gasteiger partial charge in [0, 0.05) is 37.0 Å². The van der Waals surface area contributed by atoms with Gasteiger partial charge in [-0.15, -0.1) is 11.3 Å². The first-order valence-electron chi connectivity index (χ1n) is 11.8. The zero-order chi connectivity index (χ0) is 27.0. The summed E-state index contributed by atoms with van der Waals surface area (Å²) in [5.41, 5.74) is -0.152. The van der Waals surface area contributed by atoms with E-state index in [0.29, 0.717) is 48.5 Å². The van der Waals surface area contributed by atoms with E-state index in [0.717, 1.165) is 32.6 Å². The maximum Gasteiger partial charge on any atom is 0.421 e. The summed E-state index contributed by atoms with van der Waals surface area (Å²) < 4.78 is 39.8. The van der Waals surface area contributed by atoms with Gasteiger partial charge >= 0.3 is 6.18 Å². The maximum atomic E-state index is 13.0. The number of hydrogen-bond acceptors (Lipinski definition) is 6. The molecule has 1 amide bonds. The molecule has 0 N–H and O–H groups in total. The lowest BCUT2D eigenvalue weighted by Crippen LogP contribution is -2.41. The fourth-order valence-corrected chi connectivity index (χ4v) is 5.83. The van der Waals surface area contributed by atoms with Gasteiger partial charge in [0.05, 0.1) is 20.7 Å². The van der Waals surface area contributed by atoms with Gasteiger partial charge < -0.3 is 14.3 Å². The molecule has 1 aromatic carbocycles. The van der Waals surface area contributed by atoms with Crippen molar-refractivity contribution in [3.8, 4) is 0 Å². The first-order chi connectivity index (χ1) is 18.1. The summed E-state index contributed by atoms with van der Waals surface area (Å²) in [6, 6.07) is 7.17. The Labute approximate surface area is 229 Å². The molecule has 0 aliphatic carbocycles. The third-order valence-electron chi connectivity index (χ3n) is 6.63. The molecule has 0 bridgehead atoms. The summed E-state index contributed by atoms with van der Waals surface area (Å²) in [5.74, 6) is -0.252. The summed E-state index contributed by atoms with van der Waals surface area (Å²) >= 11 is 13.6. The van der Waals surface area contributed by atoms with Crippen LogP contribution in [0, 0.1) is 0 Å². The topological polar surface area (TPSA) is 76.8 Å². The van der Waals surface area contributed by atoms with Crippen molar-refractivity contribution in [2.24, 2.45) is 5.16 Å². The van der Waals surface area contributed by atoms with E-state index in [-0.39, 0.29) is 12.0 Å². The second kappa shape index (κ2) is 10.7. The number of amides is 1. The highest BCUT2D eigenvalue weighted by atomic mass is 35.5. The van der Waals surface area contributed by atoms with Crippen LogP contribution in [0.1, 0.15) is 53.1 Å². The van der Waals surface area contributed by atoms with Crippen LogP contribution >= 0.6 is 34.5 Å². The highest BCUT2D eigenvalue weighted by Crippen LogP contribution is 2.35. The highest BCUT2D eigenvalue weighted by molar-refractivity contribution is 7.10. The van der Waals surface area contributed by atoms with Crippen molar-refractivity contribution in [2.45, 2.75) is 44.0 Å². The van der Waals surface area contributed by atoms with Gasteiger partial charge in [-0.2, -0.15) is 13.2 Å². The van der Waals surface area contributed by atoms with E-state index in [2.05, 4.69) is 5.16 Å². The molecule has 1 atom stereocenters. The number of piperidine rings is 1. The molecule has 0 spiro atoms. The fraction of sp³-hybridized carbons (Fsp3) is 0.360. The van der Waals surface area contributed by atoms with Gasteiger partial charge in [-0.25, -0.2) is 4.98 Å². The molecule has 2 aliphatic heterocycles. The molecule has 4 heterocycles. The van der Waals surface area contributed by atoms with Gasteiger partial charge in [-0.05, 0) is 42.7 Å². The Hall–Kier alpha value is -2.89. The van der Waals surface area contributed by atoms with Crippen LogP contribution in [0.15, 0.2) is 51.9 Å². The monoisotopic (exact) mass is 584 g/mol.